The summed E-state index contributed by atoms with van der Waals surface area (Å²) >= 11 is 0. The minimum absolute atomic E-state index is 0.00328. The van der Waals surface area contributed by atoms with Gasteiger partial charge in [0.25, 0.3) is 5.56 Å². The van der Waals surface area contributed by atoms with Crippen LogP contribution in [-0.2, 0) is 7.05 Å². The van der Waals surface area contributed by atoms with Gasteiger partial charge in [0.1, 0.15) is 11.6 Å². The molecule has 1 aromatic heterocycles. The van der Waals surface area contributed by atoms with Crippen LogP contribution in [0.3, 0.4) is 0 Å². The molecule has 0 bridgehead atoms. The van der Waals surface area contributed by atoms with E-state index < -0.39 is 5.56 Å². The highest BCUT2D eigenvalue weighted by Gasteiger charge is 2.15. The summed E-state index contributed by atoms with van der Waals surface area (Å²) in [7, 11) is 1.40. The van der Waals surface area contributed by atoms with Crippen molar-refractivity contribution in [2.75, 3.05) is 5.43 Å². The van der Waals surface area contributed by atoms with Crippen LogP contribution in [0.25, 0.3) is 0 Å². The number of nitriles is 1. The van der Waals surface area contributed by atoms with Crippen LogP contribution in [0.4, 0.5) is 5.69 Å². The van der Waals surface area contributed by atoms with Gasteiger partial charge in [0.15, 0.2) is 0 Å². The molecule has 6 heteroatoms. The van der Waals surface area contributed by atoms with E-state index in [2.05, 4.69) is 10.5 Å². The number of hydrogen-bond donors (Lipinski definition) is 2. The number of hydrogen-bond acceptors (Lipinski definition) is 5. The molecule has 0 spiro atoms. The predicted octanol–water partition coefficient (Wildman–Crippen LogP) is 1.72. The third-order valence-corrected chi connectivity index (χ3v) is 3.13. The van der Waals surface area contributed by atoms with Crippen LogP contribution < -0.4 is 11.0 Å². The standard InChI is InChI=1S/C15H14N4O2/c1-10-12(8-16)14(20)19(2)15(21)13(10)9-17-18-11-6-4-3-5-7-11/h3-7,9,18,21H,1-2H3. The number of pyridine rings is 1. The molecular weight excluding hydrogens is 268 g/mol. The maximum absolute atomic E-state index is 11.8. The van der Waals surface area contributed by atoms with Gasteiger partial charge in [-0.15, -0.1) is 0 Å². The molecule has 1 aromatic carbocycles. The Bertz CT molecular complexity index is 786. The fourth-order valence-corrected chi connectivity index (χ4v) is 1.88. The molecule has 2 N–H and O–H groups in total. The molecule has 0 radical (unpaired) electrons. The first-order chi connectivity index (χ1) is 10.1. The highest BCUT2D eigenvalue weighted by molar-refractivity contribution is 5.86. The molecule has 21 heavy (non-hydrogen) atoms. The average Bonchev–Trinajstić information content (AvgIpc) is 2.50. The Hall–Kier alpha value is -3.07. The second-order valence-corrected chi connectivity index (χ2v) is 4.45. The van der Waals surface area contributed by atoms with Gasteiger partial charge >= 0.3 is 0 Å². The van der Waals surface area contributed by atoms with Gasteiger partial charge in [0.05, 0.1) is 17.5 Å². The highest BCUT2D eigenvalue weighted by Crippen LogP contribution is 2.18. The van der Waals surface area contributed by atoms with Crippen LogP contribution in [0.5, 0.6) is 5.88 Å². The summed E-state index contributed by atoms with van der Waals surface area (Å²) in [6.45, 7) is 1.60. The number of rotatable bonds is 3. The van der Waals surface area contributed by atoms with E-state index in [1.54, 1.807) is 6.92 Å². The lowest BCUT2D eigenvalue weighted by atomic mass is 10.1. The van der Waals surface area contributed by atoms with Crippen molar-refractivity contribution in [3.05, 3.63) is 57.4 Å². The van der Waals surface area contributed by atoms with E-state index in [-0.39, 0.29) is 11.4 Å². The molecule has 1 heterocycles. The lowest BCUT2D eigenvalue weighted by molar-refractivity contribution is 0.421. The van der Waals surface area contributed by atoms with Gasteiger partial charge in [-0.3, -0.25) is 14.8 Å². The number of hydrazone groups is 1. The fourth-order valence-electron chi connectivity index (χ4n) is 1.88. The third kappa shape index (κ3) is 2.77. The van der Waals surface area contributed by atoms with Crippen LogP contribution in [0.15, 0.2) is 40.2 Å². The summed E-state index contributed by atoms with van der Waals surface area (Å²) in [6, 6.07) is 11.1. The number of benzene rings is 1. The highest BCUT2D eigenvalue weighted by atomic mass is 16.3. The van der Waals surface area contributed by atoms with Crippen molar-refractivity contribution in [2.24, 2.45) is 12.1 Å². The molecule has 0 atom stereocenters. The fraction of sp³-hybridized carbons (Fsp3) is 0.133. The number of aromatic hydroxyl groups is 1. The maximum atomic E-state index is 11.8. The van der Waals surface area contributed by atoms with Gasteiger partial charge in [-0.1, -0.05) is 18.2 Å². The van der Waals surface area contributed by atoms with Gasteiger partial charge in [-0.2, -0.15) is 10.4 Å². The summed E-state index contributed by atoms with van der Waals surface area (Å²) in [5.74, 6) is -0.227. The van der Waals surface area contributed by atoms with Crippen LogP contribution in [0.1, 0.15) is 16.7 Å². The number of nitrogens with zero attached hydrogens (tertiary/aromatic N) is 3. The zero-order valence-electron chi connectivity index (χ0n) is 11.7. The van der Waals surface area contributed by atoms with Crippen molar-refractivity contribution in [1.29, 1.82) is 5.26 Å². The molecular formula is C15H14N4O2. The molecule has 0 aliphatic heterocycles. The van der Waals surface area contributed by atoms with Crippen LogP contribution in [0.2, 0.25) is 0 Å². The second-order valence-electron chi connectivity index (χ2n) is 4.45. The van der Waals surface area contributed by atoms with E-state index >= 15 is 0 Å². The molecule has 0 saturated heterocycles. The first-order valence-corrected chi connectivity index (χ1v) is 6.23. The largest absolute Gasteiger partial charge is 0.494 e. The normalized spacial score (nSPS) is 10.5. The first kappa shape index (κ1) is 14.3. The van der Waals surface area contributed by atoms with Crippen LogP contribution >= 0.6 is 0 Å². The van der Waals surface area contributed by atoms with Crippen molar-refractivity contribution < 1.29 is 5.11 Å². The Morgan fingerprint density at radius 3 is 2.67 bits per heavy atom. The number of para-hydroxylation sites is 1. The van der Waals surface area contributed by atoms with Gasteiger partial charge in [-0.05, 0) is 24.6 Å². The van der Waals surface area contributed by atoms with E-state index in [0.717, 1.165) is 10.3 Å². The van der Waals surface area contributed by atoms with Crippen LogP contribution in [0, 0.1) is 18.3 Å². The minimum atomic E-state index is -0.527. The van der Waals surface area contributed by atoms with Crippen molar-refractivity contribution in [3.63, 3.8) is 0 Å². The van der Waals surface area contributed by atoms with Crippen molar-refractivity contribution in [1.82, 2.24) is 4.57 Å². The van der Waals surface area contributed by atoms with Crippen molar-refractivity contribution >= 4 is 11.9 Å². The van der Waals surface area contributed by atoms with Gasteiger partial charge in [0, 0.05) is 7.05 Å². The zero-order chi connectivity index (χ0) is 15.4. The Morgan fingerprint density at radius 1 is 1.38 bits per heavy atom. The van der Waals surface area contributed by atoms with Gasteiger partial charge in [-0.25, -0.2) is 0 Å². The Labute approximate surface area is 121 Å². The smallest absolute Gasteiger partial charge is 0.271 e. The second kappa shape index (κ2) is 5.92. The molecule has 0 unspecified atom stereocenters. The van der Waals surface area contributed by atoms with Gasteiger partial charge < -0.3 is 5.11 Å². The van der Waals surface area contributed by atoms with Crippen LogP contribution in [-0.4, -0.2) is 15.9 Å². The topological polar surface area (TPSA) is 90.4 Å². The third-order valence-electron chi connectivity index (χ3n) is 3.13. The summed E-state index contributed by atoms with van der Waals surface area (Å²) in [6.07, 6.45) is 1.39. The van der Waals surface area contributed by atoms with E-state index in [0.29, 0.717) is 11.1 Å². The quantitative estimate of drug-likeness (QED) is 0.662. The Balaban J connectivity index is 2.39. The van der Waals surface area contributed by atoms with E-state index in [9.17, 15) is 9.90 Å². The van der Waals surface area contributed by atoms with Gasteiger partial charge in [0.2, 0.25) is 5.88 Å². The lowest BCUT2D eigenvalue weighted by Gasteiger charge is -2.09. The first-order valence-electron chi connectivity index (χ1n) is 6.23. The zero-order valence-corrected chi connectivity index (χ0v) is 11.7. The van der Waals surface area contributed by atoms with Crippen molar-refractivity contribution in [2.45, 2.75) is 6.92 Å². The summed E-state index contributed by atoms with van der Waals surface area (Å²) in [4.78, 5) is 11.8. The molecule has 2 rings (SSSR count). The Kier molecular flexibility index (Phi) is 4.05. The number of nitrogens with one attached hydrogen (secondary N) is 1. The maximum Gasteiger partial charge on any atom is 0.271 e. The van der Waals surface area contributed by atoms with Crippen molar-refractivity contribution in [3.8, 4) is 11.9 Å². The molecule has 2 aromatic rings. The SMILES string of the molecule is Cc1c(C=NNc2ccccc2)c(O)n(C)c(=O)c1C#N. The monoisotopic (exact) mass is 282 g/mol. The summed E-state index contributed by atoms with van der Waals surface area (Å²) in [5.41, 5.74) is 3.80. The lowest BCUT2D eigenvalue weighted by Crippen LogP contribution is -2.22. The van der Waals surface area contributed by atoms with E-state index in [4.69, 9.17) is 5.26 Å². The molecule has 0 aliphatic rings. The molecule has 0 saturated carbocycles. The van der Waals surface area contributed by atoms with E-state index in [1.165, 1.54) is 13.3 Å². The summed E-state index contributed by atoms with van der Waals surface area (Å²) in [5, 5.41) is 23.1. The minimum Gasteiger partial charge on any atom is -0.494 e. The number of anilines is 1. The summed E-state index contributed by atoms with van der Waals surface area (Å²) < 4.78 is 1.02. The average molecular weight is 282 g/mol. The predicted molar refractivity (Wildman–Crippen MR) is 80.5 cm³/mol. The molecule has 0 fully saturated rings. The molecule has 106 valence electrons. The molecule has 6 nitrogen and oxygen atoms in total. The number of aromatic nitrogens is 1. The Morgan fingerprint density at radius 2 is 2.05 bits per heavy atom. The molecule has 0 amide bonds. The molecule has 0 aliphatic carbocycles. The van der Waals surface area contributed by atoms with E-state index in [1.807, 2.05) is 36.4 Å².